The van der Waals surface area contributed by atoms with Crippen molar-refractivity contribution in [2.45, 2.75) is 13.5 Å². The maximum Gasteiger partial charge on any atom is 0.291 e. The van der Waals surface area contributed by atoms with Crippen LogP contribution in [0.5, 0.6) is 0 Å². The smallest absolute Gasteiger partial charge is 0.291 e. The van der Waals surface area contributed by atoms with Crippen LogP contribution >= 0.6 is 0 Å². The van der Waals surface area contributed by atoms with Crippen LogP contribution in [0.1, 0.15) is 16.2 Å². The Morgan fingerprint density at radius 3 is 2.61 bits per heavy atom. The number of para-hydroxylation sites is 2. The van der Waals surface area contributed by atoms with E-state index in [4.69, 9.17) is 9.15 Å². The summed E-state index contributed by atoms with van der Waals surface area (Å²) in [6.45, 7) is 4.11. The highest BCUT2D eigenvalue weighted by Crippen LogP contribution is 2.32. The van der Waals surface area contributed by atoms with Crippen molar-refractivity contribution in [3.63, 3.8) is 0 Å². The van der Waals surface area contributed by atoms with Crippen LogP contribution in [0.15, 0.2) is 59.0 Å². The number of morpholine rings is 1. The standard InChI is InChI=1S/C24H23N3O4/c1-16-14-17-6-2-4-8-19(17)27(16)15-21(28)25-22-18-7-3-5-9-20(18)31-23(22)24(29)26-10-12-30-13-11-26/h2-9,14H,10-13,15H2,1H3,(H,25,28). The second kappa shape index (κ2) is 7.92. The normalized spacial score (nSPS) is 14.3. The first-order valence-corrected chi connectivity index (χ1v) is 10.3. The summed E-state index contributed by atoms with van der Waals surface area (Å²) in [5, 5.41) is 4.75. The molecular weight excluding hydrogens is 394 g/mol. The third kappa shape index (κ3) is 3.57. The van der Waals surface area contributed by atoms with Crippen LogP contribution in [0.3, 0.4) is 0 Å². The number of carbonyl (C=O) groups is 2. The molecule has 4 aromatic rings. The van der Waals surface area contributed by atoms with Gasteiger partial charge in [-0.3, -0.25) is 9.59 Å². The van der Waals surface area contributed by atoms with Crippen LogP contribution in [-0.4, -0.2) is 47.6 Å². The molecule has 0 spiro atoms. The first-order chi connectivity index (χ1) is 15.1. The van der Waals surface area contributed by atoms with Crippen LogP contribution in [0.25, 0.3) is 21.9 Å². The lowest BCUT2D eigenvalue weighted by Crippen LogP contribution is -2.40. The number of benzene rings is 2. The van der Waals surface area contributed by atoms with Crippen molar-refractivity contribution in [3.8, 4) is 0 Å². The molecule has 31 heavy (non-hydrogen) atoms. The van der Waals surface area contributed by atoms with E-state index in [0.29, 0.717) is 43.0 Å². The molecule has 0 atom stereocenters. The number of hydrogen-bond acceptors (Lipinski definition) is 4. The van der Waals surface area contributed by atoms with Crippen LogP contribution in [0.2, 0.25) is 0 Å². The second-order valence-corrected chi connectivity index (χ2v) is 7.69. The molecule has 0 unspecified atom stereocenters. The highest BCUT2D eigenvalue weighted by atomic mass is 16.5. The fourth-order valence-corrected chi connectivity index (χ4v) is 4.11. The van der Waals surface area contributed by atoms with Gasteiger partial charge >= 0.3 is 0 Å². The van der Waals surface area contributed by atoms with Crippen LogP contribution in [0.4, 0.5) is 5.69 Å². The molecule has 2 amide bonds. The predicted molar refractivity (Wildman–Crippen MR) is 118 cm³/mol. The summed E-state index contributed by atoms with van der Waals surface area (Å²) >= 11 is 0. The van der Waals surface area contributed by atoms with Gasteiger partial charge in [-0.05, 0) is 36.6 Å². The van der Waals surface area contributed by atoms with Crippen molar-refractivity contribution < 1.29 is 18.7 Å². The van der Waals surface area contributed by atoms with Gasteiger partial charge in [0.2, 0.25) is 11.7 Å². The quantitative estimate of drug-likeness (QED) is 0.548. The molecular formula is C24H23N3O4. The molecule has 1 aliphatic rings. The fraction of sp³-hybridized carbons (Fsp3) is 0.250. The molecule has 2 aromatic heterocycles. The van der Waals surface area contributed by atoms with Crippen molar-refractivity contribution in [2.75, 3.05) is 31.6 Å². The molecule has 7 nitrogen and oxygen atoms in total. The Morgan fingerprint density at radius 2 is 1.77 bits per heavy atom. The summed E-state index contributed by atoms with van der Waals surface area (Å²) in [4.78, 5) is 27.9. The van der Waals surface area contributed by atoms with E-state index < -0.39 is 0 Å². The van der Waals surface area contributed by atoms with Crippen LogP contribution < -0.4 is 5.32 Å². The molecule has 1 aliphatic heterocycles. The van der Waals surface area contributed by atoms with Gasteiger partial charge in [0.1, 0.15) is 17.8 Å². The molecule has 0 saturated carbocycles. The summed E-state index contributed by atoms with van der Waals surface area (Å²) in [7, 11) is 0. The van der Waals surface area contributed by atoms with E-state index in [0.717, 1.165) is 16.6 Å². The molecule has 2 aromatic carbocycles. The average molecular weight is 417 g/mol. The van der Waals surface area contributed by atoms with Gasteiger partial charge in [0, 0.05) is 29.7 Å². The topological polar surface area (TPSA) is 76.7 Å². The van der Waals surface area contributed by atoms with Gasteiger partial charge in [0.05, 0.1) is 13.2 Å². The highest BCUT2D eigenvalue weighted by molar-refractivity contribution is 6.11. The minimum Gasteiger partial charge on any atom is -0.449 e. The van der Waals surface area contributed by atoms with E-state index in [1.807, 2.05) is 54.0 Å². The minimum atomic E-state index is -0.239. The monoisotopic (exact) mass is 417 g/mol. The lowest BCUT2D eigenvalue weighted by atomic mass is 10.2. The number of fused-ring (bicyclic) bond motifs is 2. The SMILES string of the molecule is Cc1cc2ccccc2n1CC(=O)Nc1c(C(=O)N2CCOCC2)oc2ccccc12. The van der Waals surface area contributed by atoms with Gasteiger partial charge in [-0.15, -0.1) is 0 Å². The number of aryl methyl sites for hydroxylation is 1. The first-order valence-electron chi connectivity index (χ1n) is 10.3. The van der Waals surface area contributed by atoms with Crippen molar-refractivity contribution in [3.05, 3.63) is 66.1 Å². The van der Waals surface area contributed by atoms with Gasteiger partial charge in [0.15, 0.2) is 0 Å². The van der Waals surface area contributed by atoms with Gasteiger partial charge in [-0.2, -0.15) is 0 Å². The van der Waals surface area contributed by atoms with E-state index in [2.05, 4.69) is 11.4 Å². The van der Waals surface area contributed by atoms with Crippen LogP contribution in [-0.2, 0) is 16.1 Å². The molecule has 0 radical (unpaired) electrons. The maximum absolute atomic E-state index is 13.1. The Balaban J connectivity index is 1.47. The van der Waals surface area contributed by atoms with E-state index >= 15 is 0 Å². The molecule has 0 aliphatic carbocycles. The molecule has 1 fully saturated rings. The van der Waals surface area contributed by atoms with E-state index in [1.54, 1.807) is 11.0 Å². The van der Waals surface area contributed by atoms with Crippen LogP contribution in [0, 0.1) is 6.92 Å². The van der Waals surface area contributed by atoms with Gasteiger partial charge in [-0.1, -0.05) is 30.3 Å². The third-order valence-corrected chi connectivity index (χ3v) is 5.67. The molecule has 3 heterocycles. The summed E-state index contributed by atoms with van der Waals surface area (Å²) < 4.78 is 13.2. The summed E-state index contributed by atoms with van der Waals surface area (Å²) in [6, 6.07) is 17.4. The number of ether oxygens (including phenoxy) is 1. The van der Waals surface area contributed by atoms with E-state index in [9.17, 15) is 9.59 Å². The Hall–Kier alpha value is -3.58. The Kier molecular flexibility index (Phi) is 4.95. The van der Waals surface area contributed by atoms with E-state index in [1.165, 1.54) is 0 Å². The number of furan rings is 1. The summed E-state index contributed by atoms with van der Waals surface area (Å²) in [6.07, 6.45) is 0. The highest BCUT2D eigenvalue weighted by Gasteiger charge is 2.27. The molecule has 1 N–H and O–H groups in total. The zero-order valence-corrected chi connectivity index (χ0v) is 17.3. The number of hydrogen-bond donors (Lipinski definition) is 1. The molecule has 0 bridgehead atoms. The van der Waals surface area contributed by atoms with Crippen molar-refractivity contribution in [2.24, 2.45) is 0 Å². The van der Waals surface area contributed by atoms with Crippen molar-refractivity contribution in [1.82, 2.24) is 9.47 Å². The number of aromatic nitrogens is 1. The number of carbonyl (C=O) groups excluding carboxylic acids is 2. The Bertz CT molecular complexity index is 1280. The average Bonchev–Trinajstić information content (AvgIpc) is 3.31. The first kappa shape index (κ1) is 19.4. The summed E-state index contributed by atoms with van der Waals surface area (Å²) in [5.74, 6) is -0.296. The van der Waals surface area contributed by atoms with Gasteiger partial charge in [-0.25, -0.2) is 0 Å². The molecule has 158 valence electrons. The third-order valence-electron chi connectivity index (χ3n) is 5.67. The number of amides is 2. The molecule has 5 rings (SSSR count). The Labute approximate surface area is 179 Å². The van der Waals surface area contributed by atoms with Crippen molar-refractivity contribution >= 4 is 39.4 Å². The lowest BCUT2D eigenvalue weighted by molar-refractivity contribution is -0.116. The number of anilines is 1. The fourth-order valence-electron chi connectivity index (χ4n) is 4.11. The number of nitrogens with one attached hydrogen (secondary N) is 1. The molecule has 1 saturated heterocycles. The maximum atomic E-state index is 13.1. The lowest BCUT2D eigenvalue weighted by Gasteiger charge is -2.26. The summed E-state index contributed by atoms with van der Waals surface area (Å²) in [5.41, 5.74) is 2.98. The van der Waals surface area contributed by atoms with E-state index in [-0.39, 0.29) is 24.1 Å². The Morgan fingerprint density at radius 1 is 1.03 bits per heavy atom. The van der Waals surface area contributed by atoms with Gasteiger partial charge in [0.25, 0.3) is 5.91 Å². The van der Waals surface area contributed by atoms with Gasteiger partial charge < -0.3 is 23.9 Å². The zero-order valence-electron chi connectivity index (χ0n) is 17.3. The minimum absolute atomic E-state index is 0.143. The van der Waals surface area contributed by atoms with Crippen molar-refractivity contribution in [1.29, 1.82) is 0 Å². The number of nitrogens with zero attached hydrogens (tertiary/aromatic N) is 2. The molecule has 7 heteroatoms. The predicted octanol–water partition coefficient (Wildman–Crippen LogP) is 3.81. The zero-order chi connectivity index (χ0) is 21.4. The second-order valence-electron chi connectivity index (χ2n) is 7.69. The largest absolute Gasteiger partial charge is 0.449 e. The number of rotatable bonds is 4.